The van der Waals surface area contributed by atoms with Gasteiger partial charge in [-0.2, -0.15) is 5.10 Å². The first kappa shape index (κ1) is 19.8. The predicted octanol–water partition coefficient (Wildman–Crippen LogP) is 4.92. The summed E-state index contributed by atoms with van der Waals surface area (Å²) in [6, 6.07) is 12.2. The highest BCUT2D eigenvalue weighted by Crippen LogP contribution is 2.50. The maximum atomic E-state index is 13.2. The van der Waals surface area contributed by atoms with Gasteiger partial charge in [-0.1, -0.05) is 24.3 Å². The first-order valence-corrected chi connectivity index (χ1v) is 12.3. The van der Waals surface area contributed by atoms with E-state index in [0.29, 0.717) is 11.7 Å². The summed E-state index contributed by atoms with van der Waals surface area (Å²) < 4.78 is 0. The van der Waals surface area contributed by atoms with Crippen molar-refractivity contribution in [3.05, 3.63) is 71.3 Å². The quantitative estimate of drug-likeness (QED) is 0.467. The number of fused-ring (bicyclic) bond motifs is 3. The Labute approximate surface area is 197 Å². The van der Waals surface area contributed by atoms with Crippen molar-refractivity contribution >= 4 is 28.5 Å². The highest BCUT2D eigenvalue weighted by molar-refractivity contribution is 6.05. The van der Waals surface area contributed by atoms with Gasteiger partial charge in [0, 0.05) is 35.8 Å². The van der Waals surface area contributed by atoms with Crippen LogP contribution in [0.1, 0.15) is 65.3 Å². The average Bonchev–Trinajstić information content (AvgIpc) is 3.43. The van der Waals surface area contributed by atoms with Crippen LogP contribution >= 0.6 is 0 Å². The Morgan fingerprint density at radius 2 is 1.94 bits per heavy atom. The number of H-pyrrole nitrogens is 1. The molecule has 4 heterocycles. The second-order valence-electron chi connectivity index (χ2n) is 9.98. The van der Waals surface area contributed by atoms with E-state index in [1.165, 1.54) is 5.56 Å². The number of rotatable bonds is 2. The molecule has 1 fully saturated rings. The zero-order chi connectivity index (χ0) is 22.7. The van der Waals surface area contributed by atoms with Crippen molar-refractivity contribution in [1.29, 1.82) is 0 Å². The molecule has 1 N–H and O–H groups in total. The lowest BCUT2D eigenvalue weighted by Crippen LogP contribution is -2.32. The van der Waals surface area contributed by atoms with Crippen molar-refractivity contribution in [2.24, 2.45) is 5.41 Å². The van der Waals surface area contributed by atoms with Crippen molar-refractivity contribution in [2.75, 3.05) is 11.4 Å². The summed E-state index contributed by atoms with van der Waals surface area (Å²) in [5.74, 6) is 1.49. The number of carbonyl (C=O) groups is 1. The van der Waals surface area contributed by atoms with Crippen LogP contribution in [0.2, 0.25) is 0 Å². The number of aromatic nitrogens is 5. The highest BCUT2D eigenvalue weighted by atomic mass is 16.1. The number of aryl methyl sites for hydroxylation is 1. The molecule has 2 aliphatic carbocycles. The number of pyridine rings is 1. The number of hydrogen-bond donors (Lipinski definition) is 1. The van der Waals surface area contributed by atoms with E-state index in [2.05, 4.69) is 32.2 Å². The lowest BCUT2D eigenvalue weighted by atomic mass is 9.67. The van der Waals surface area contributed by atoms with Gasteiger partial charge in [-0.15, -0.1) is 0 Å². The normalized spacial score (nSPS) is 23.9. The van der Waals surface area contributed by atoms with E-state index in [1.54, 1.807) is 0 Å². The number of anilines is 2. The van der Waals surface area contributed by atoms with Crippen molar-refractivity contribution in [3.8, 4) is 0 Å². The molecule has 0 atom stereocenters. The van der Waals surface area contributed by atoms with Crippen molar-refractivity contribution in [1.82, 2.24) is 25.1 Å². The van der Waals surface area contributed by atoms with E-state index in [9.17, 15) is 4.79 Å². The summed E-state index contributed by atoms with van der Waals surface area (Å²) >= 11 is 0. The van der Waals surface area contributed by atoms with Crippen LogP contribution < -0.4 is 4.90 Å². The maximum absolute atomic E-state index is 13.2. The number of benzene rings is 1. The molecule has 1 saturated carbocycles. The predicted molar refractivity (Wildman–Crippen MR) is 129 cm³/mol. The molecule has 1 aromatic carbocycles. The minimum atomic E-state index is -0.214. The smallest absolute Gasteiger partial charge is 0.183 e. The summed E-state index contributed by atoms with van der Waals surface area (Å²) in [7, 11) is 0. The molecule has 170 valence electrons. The molecule has 7 heteroatoms. The summed E-state index contributed by atoms with van der Waals surface area (Å²) in [4.78, 5) is 29.7. The van der Waals surface area contributed by atoms with Crippen LogP contribution in [0.15, 0.2) is 48.8 Å². The second-order valence-corrected chi connectivity index (χ2v) is 9.98. The van der Waals surface area contributed by atoms with Gasteiger partial charge in [0.05, 0.1) is 17.1 Å². The number of carbonyl (C=O) groups excluding carboxylic acids is 1. The molecule has 34 heavy (non-hydrogen) atoms. The van der Waals surface area contributed by atoms with Crippen LogP contribution in [0.5, 0.6) is 0 Å². The number of nitrogens with one attached hydrogen (secondary N) is 1. The van der Waals surface area contributed by atoms with Crippen LogP contribution in [-0.2, 0) is 12.8 Å². The Bertz CT molecular complexity index is 1420. The fourth-order valence-corrected chi connectivity index (χ4v) is 6.30. The summed E-state index contributed by atoms with van der Waals surface area (Å²) in [5, 5.41) is 7.72. The zero-order valence-electron chi connectivity index (χ0n) is 19.0. The van der Waals surface area contributed by atoms with Gasteiger partial charge < -0.3 is 4.90 Å². The number of ketones is 1. The van der Waals surface area contributed by atoms with Gasteiger partial charge in [-0.25, -0.2) is 9.97 Å². The monoisotopic (exact) mass is 450 g/mol. The number of aromatic amines is 1. The van der Waals surface area contributed by atoms with Gasteiger partial charge in [-0.3, -0.25) is 14.9 Å². The molecule has 1 spiro atoms. The Morgan fingerprint density at radius 1 is 1.06 bits per heavy atom. The van der Waals surface area contributed by atoms with Gasteiger partial charge in [0.15, 0.2) is 22.8 Å². The van der Waals surface area contributed by atoms with E-state index >= 15 is 0 Å². The SMILES string of the molecule is O=C1c2ccccc2C[C@]12CC[C@@H](c1cnc3c(N4CCCc5ncccc54)n[nH]c3n1)CC2. The second kappa shape index (κ2) is 7.45. The van der Waals surface area contributed by atoms with Gasteiger partial charge in [0.25, 0.3) is 0 Å². The average molecular weight is 451 g/mol. The maximum Gasteiger partial charge on any atom is 0.183 e. The van der Waals surface area contributed by atoms with Crippen LogP contribution in [0, 0.1) is 5.41 Å². The lowest BCUT2D eigenvalue weighted by Gasteiger charge is -2.35. The Kier molecular flexibility index (Phi) is 4.34. The topological polar surface area (TPSA) is 87.7 Å². The first-order valence-electron chi connectivity index (χ1n) is 12.3. The number of hydrogen-bond acceptors (Lipinski definition) is 6. The largest absolute Gasteiger partial charge is 0.321 e. The van der Waals surface area contributed by atoms with Crippen LogP contribution in [-0.4, -0.2) is 37.5 Å². The Hall–Kier alpha value is -3.61. The molecule has 7 rings (SSSR count). The Morgan fingerprint density at radius 3 is 2.82 bits per heavy atom. The van der Waals surface area contributed by atoms with Gasteiger partial charge in [0.2, 0.25) is 0 Å². The molecule has 7 nitrogen and oxygen atoms in total. The van der Waals surface area contributed by atoms with Crippen molar-refractivity contribution in [3.63, 3.8) is 0 Å². The Balaban J connectivity index is 1.13. The summed E-state index contributed by atoms with van der Waals surface area (Å²) in [6.07, 6.45) is 10.4. The van der Waals surface area contributed by atoms with E-state index < -0.39 is 0 Å². The zero-order valence-corrected chi connectivity index (χ0v) is 19.0. The minimum absolute atomic E-state index is 0.214. The third-order valence-electron chi connectivity index (χ3n) is 8.11. The van der Waals surface area contributed by atoms with E-state index in [-0.39, 0.29) is 5.41 Å². The number of nitrogens with zero attached hydrogens (tertiary/aromatic N) is 5. The van der Waals surface area contributed by atoms with Crippen molar-refractivity contribution in [2.45, 2.75) is 50.9 Å². The fourth-order valence-electron chi connectivity index (χ4n) is 6.30. The summed E-state index contributed by atoms with van der Waals surface area (Å²) in [6.45, 7) is 0.892. The molecular formula is C27H26N6O. The van der Waals surface area contributed by atoms with E-state index in [1.807, 2.05) is 36.7 Å². The van der Waals surface area contributed by atoms with Gasteiger partial charge in [0.1, 0.15) is 0 Å². The molecule has 0 saturated heterocycles. The first-order chi connectivity index (χ1) is 16.7. The molecule has 0 radical (unpaired) electrons. The van der Waals surface area contributed by atoms with E-state index in [4.69, 9.17) is 9.97 Å². The molecule has 4 aromatic rings. The lowest BCUT2D eigenvalue weighted by molar-refractivity contribution is 0.0733. The third-order valence-corrected chi connectivity index (χ3v) is 8.11. The molecule has 1 aliphatic heterocycles. The van der Waals surface area contributed by atoms with Crippen molar-refractivity contribution < 1.29 is 4.79 Å². The molecule has 3 aliphatic rings. The van der Waals surface area contributed by atoms with Gasteiger partial charge >= 0.3 is 0 Å². The fraction of sp³-hybridized carbons (Fsp3) is 0.370. The highest BCUT2D eigenvalue weighted by Gasteiger charge is 2.47. The standard InChI is InChI=1S/C27H26N6O/c34-24-19-6-2-1-5-18(19)15-27(24)11-9-17(10-12-27)21-16-29-23-25(30-21)31-32-26(23)33-14-4-7-20-22(33)8-3-13-28-20/h1-3,5-6,8,13,16-17H,4,7,9-12,14-15H2,(H,30,31,32)/t17-,27-. The number of Topliss-reactive ketones (excluding diaryl/α,β-unsaturated/α-hetero) is 1. The van der Waals surface area contributed by atoms with Crippen LogP contribution in [0.3, 0.4) is 0 Å². The molecule has 0 unspecified atom stereocenters. The molecule has 0 bridgehead atoms. The third kappa shape index (κ3) is 2.92. The molecule has 3 aromatic heterocycles. The minimum Gasteiger partial charge on any atom is -0.321 e. The summed E-state index contributed by atoms with van der Waals surface area (Å²) in [5.41, 5.74) is 6.67. The molecule has 0 amide bonds. The molecular weight excluding hydrogens is 424 g/mol. The van der Waals surface area contributed by atoms with E-state index in [0.717, 1.165) is 91.1 Å². The van der Waals surface area contributed by atoms with Crippen LogP contribution in [0.4, 0.5) is 11.5 Å². The van der Waals surface area contributed by atoms with Crippen LogP contribution in [0.25, 0.3) is 11.2 Å². The van der Waals surface area contributed by atoms with Gasteiger partial charge in [-0.05, 0) is 62.6 Å².